The van der Waals surface area contributed by atoms with Gasteiger partial charge in [-0.25, -0.2) is 5.43 Å². The van der Waals surface area contributed by atoms with Crippen molar-refractivity contribution in [1.29, 1.82) is 0 Å². The van der Waals surface area contributed by atoms with Crippen LogP contribution in [0.2, 0.25) is 0 Å². The highest BCUT2D eigenvalue weighted by Gasteiger charge is 2.24. The van der Waals surface area contributed by atoms with E-state index in [-0.39, 0.29) is 11.8 Å². The zero-order chi connectivity index (χ0) is 23.7. The first-order valence-electron chi connectivity index (χ1n) is 10.1. The van der Waals surface area contributed by atoms with Crippen LogP contribution in [0.5, 0.6) is 11.5 Å². The first-order chi connectivity index (χ1) is 15.3. The minimum atomic E-state index is -0.731. The van der Waals surface area contributed by atoms with E-state index >= 15 is 0 Å². The molecule has 0 radical (unpaired) electrons. The lowest BCUT2D eigenvalue weighted by molar-refractivity contribution is -0.123. The molecular formula is C24H28IN3O4. The van der Waals surface area contributed by atoms with Gasteiger partial charge in [0.25, 0.3) is 11.8 Å². The number of hydrazone groups is 1. The van der Waals surface area contributed by atoms with E-state index in [0.29, 0.717) is 23.7 Å². The Bertz CT molecular complexity index is 987. The van der Waals surface area contributed by atoms with Crippen LogP contribution in [-0.4, -0.2) is 37.8 Å². The molecule has 8 heteroatoms. The van der Waals surface area contributed by atoms with Crippen molar-refractivity contribution in [2.75, 3.05) is 13.7 Å². The van der Waals surface area contributed by atoms with Gasteiger partial charge >= 0.3 is 0 Å². The standard InChI is InChI=1S/C24H28IN3O4/c1-6-11-32-22-19(25)12-17(13-20(22)31-5)14-26-28-24(30)21(15(2)3)27-23(29)18-9-7-16(4)8-10-18/h6-10,12-15,21H,1,11H2,2-5H3,(H,27,29)(H,28,30). The molecule has 32 heavy (non-hydrogen) atoms. The lowest BCUT2D eigenvalue weighted by Crippen LogP contribution is -2.48. The number of methoxy groups -OCH3 is 1. The van der Waals surface area contributed by atoms with E-state index < -0.39 is 11.9 Å². The van der Waals surface area contributed by atoms with Crippen LogP contribution in [0.15, 0.2) is 54.2 Å². The smallest absolute Gasteiger partial charge is 0.262 e. The predicted octanol–water partition coefficient (Wildman–Crippen LogP) is 4.08. The van der Waals surface area contributed by atoms with Crippen molar-refractivity contribution in [3.63, 3.8) is 0 Å². The SMILES string of the molecule is C=CCOc1c(I)cc(C=NNC(=O)C(NC(=O)c2ccc(C)cc2)C(C)C)cc1OC. The fraction of sp³-hybridized carbons (Fsp3) is 0.292. The number of aryl methyl sites for hydroxylation is 1. The molecule has 0 saturated carbocycles. The molecule has 2 N–H and O–H groups in total. The minimum Gasteiger partial charge on any atom is -0.493 e. The largest absolute Gasteiger partial charge is 0.493 e. The summed E-state index contributed by atoms with van der Waals surface area (Å²) in [5.74, 6) is 0.341. The van der Waals surface area contributed by atoms with Gasteiger partial charge in [0.15, 0.2) is 11.5 Å². The topological polar surface area (TPSA) is 89.0 Å². The summed E-state index contributed by atoms with van der Waals surface area (Å²) in [6, 6.07) is 10.1. The number of hydrogen-bond acceptors (Lipinski definition) is 5. The number of nitrogens with zero attached hydrogens (tertiary/aromatic N) is 1. The highest BCUT2D eigenvalue weighted by atomic mass is 127. The fourth-order valence-electron chi connectivity index (χ4n) is 2.80. The summed E-state index contributed by atoms with van der Waals surface area (Å²) in [4.78, 5) is 25.2. The molecule has 2 amide bonds. The number of hydrogen-bond donors (Lipinski definition) is 2. The van der Waals surface area contributed by atoms with Gasteiger partial charge in [-0.2, -0.15) is 5.10 Å². The van der Waals surface area contributed by atoms with Gasteiger partial charge in [-0.05, 0) is 65.3 Å². The molecule has 0 bridgehead atoms. The molecule has 0 aliphatic heterocycles. The molecule has 0 aromatic heterocycles. The molecule has 7 nitrogen and oxygen atoms in total. The maximum atomic E-state index is 12.7. The molecule has 0 aliphatic rings. The number of halogens is 1. The third kappa shape index (κ3) is 7.08. The molecule has 2 aromatic carbocycles. The van der Waals surface area contributed by atoms with Crippen molar-refractivity contribution in [3.05, 3.63) is 69.3 Å². The Morgan fingerprint density at radius 2 is 1.91 bits per heavy atom. The molecule has 0 fully saturated rings. The van der Waals surface area contributed by atoms with Crippen molar-refractivity contribution < 1.29 is 19.1 Å². The first kappa shape index (κ1) is 25.4. The Morgan fingerprint density at radius 1 is 1.22 bits per heavy atom. The molecule has 2 aromatic rings. The van der Waals surface area contributed by atoms with E-state index in [9.17, 15) is 9.59 Å². The van der Waals surface area contributed by atoms with Gasteiger partial charge in [-0.15, -0.1) is 0 Å². The highest BCUT2D eigenvalue weighted by molar-refractivity contribution is 14.1. The fourth-order valence-corrected chi connectivity index (χ4v) is 3.58. The molecular weight excluding hydrogens is 521 g/mol. The molecule has 0 heterocycles. The number of nitrogens with one attached hydrogen (secondary N) is 2. The van der Waals surface area contributed by atoms with E-state index in [0.717, 1.165) is 14.7 Å². The summed E-state index contributed by atoms with van der Waals surface area (Å²) < 4.78 is 11.9. The average molecular weight is 549 g/mol. The Labute approximate surface area is 202 Å². The van der Waals surface area contributed by atoms with Crippen LogP contribution in [0.25, 0.3) is 0 Å². The van der Waals surface area contributed by atoms with E-state index in [1.165, 1.54) is 6.21 Å². The third-order valence-corrected chi connectivity index (χ3v) is 5.34. The van der Waals surface area contributed by atoms with E-state index in [1.54, 1.807) is 31.4 Å². The van der Waals surface area contributed by atoms with Crippen LogP contribution in [0.3, 0.4) is 0 Å². The molecule has 2 rings (SSSR count). The van der Waals surface area contributed by atoms with E-state index in [2.05, 4.69) is 45.0 Å². The maximum absolute atomic E-state index is 12.7. The van der Waals surface area contributed by atoms with Crippen LogP contribution in [-0.2, 0) is 4.79 Å². The number of carbonyl (C=O) groups excluding carboxylic acids is 2. The van der Waals surface area contributed by atoms with Crippen molar-refractivity contribution in [2.45, 2.75) is 26.8 Å². The van der Waals surface area contributed by atoms with Gasteiger partial charge in [-0.1, -0.05) is 44.2 Å². The Morgan fingerprint density at radius 3 is 2.50 bits per heavy atom. The zero-order valence-corrected chi connectivity index (χ0v) is 20.8. The van der Waals surface area contributed by atoms with Crippen LogP contribution < -0.4 is 20.2 Å². The number of rotatable bonds is 10. The number of benzene rings is 2. The molecule has 0 aliphatic carbocycles. The summed E-state index contributed by atoms with van der Waals surface area (Å²) >= 11 is 2.14. The second kappa shape index (κ2) is 12.2. The first-order valence-corrected chi connectivity index (χ1v) is 11.2. The summed E-state index contributed by atoms with van der Waals surface area (Å²) in [5, 5.41) is 6.84. The van der Waals surface area contributed by atoms with Crippen molar-refractivity contribution >= 4 is 40.6 Å². The summed E-state index contributed by atoms with van der Waals surface area (Å²) in [5.41, 5.74) is 4.79. The Balaban J connectivity index is 2.07. The zero-order valence-electron chi connectivity index (χ0n) is 18.6. The van der Waals surface area contributed by atoms with Gasteiger partial charge in [0.2, 0.25) is 0 Å². The van der Waals surface area contributed by atoms with Crippen LogP contribution in [0.4, 0.5) is 0 Å². The van der Waals surface area contributed by atoms with Crippen LogP contribution in [0.1, 0.15) is 35.3 Å². The molecule has 0 spiro atoms. The molecule has 170 valence electrons. The summed E-state index contributed by atoms with van der Waals surface area (Å²) in [6.45, 7) is 9.67. The van der Waals surface area contributed by atoms with Gasteiger partial charge in [-0.3, -0.25) is 9.59 Å². The summed E-state index contributed by atoms with van der Waals surface area (Å²) in [7, 11) is 1.55. The van der Waals surface area contributed by atoms with Crippen molar-refractivity contribution in [2.24, 2.45) is 11.0 Å². The maximum Gasteiger partial charge on any atom is 0.262 e. The van der Waals surface area contributed by atoms with Crippen molar-refractivity contribution in [1.82, 2.24) is 10.7 Å². The monoisotopic (exact) mass is 549 g/mol. The van der Waals surface area contributed by atoms with E-state index in [1.807, 2.05) is 39.0 Å². The number of ether oxygens (including phenoxy) is 2. The van der Waals surface area contributed by atoms with Gasteiger partial charge in [0.1, 0.15) is 12.6 Å². The minimum absolute atomic E-state index is 0.123. The average Bonchev–Trinajstić information content (AvgIpc) is 2.76. The number of carbonyl (C=O) groups is 2. The Hall–Kier alpha value is -2.88. The highest BCUT2D eigenvalue weighted by Crippen LogP contribution is 2.33. The predicted molar refractivity (Wildman–Crippen MR) is 134 cm³/mol. The third-order valence-electron chi connectivity index (χ3n) is 4.54. The lowest BCUT2D eigenvalue weighted by Gasteiger charge is -2.20. The second-order valence-corrected chi connectivity index (χ2v) is 8.59. The quantitative estimate of drug-likeness (QED) is 0.202. The molecule has 1 atom stereocenters. The lowest BCUT2D eigenvalue weighted by atomic mass is 10.0. The molecule has 0 saturated heterocycles. The Kier molecular flexibility index (Phi) is 9.70. The van der Waals surface area contributed by atoms with Gasteiger partial charge in [0, 0.05) is 5.56 Å². The molecule has 1 unspecified atom stereocenters. The van der Waals surface area contributed by atoms with Crippen molar-refractivity contribution in [3.8, 4) is 11.5 Å². The van der Waals surface area contributed by atoms with Gasteiger partial charge < -0.3 is 14.8 Å². The van der Waals surface area contributed by atoms with Crippen LogP contribution >= 0.6 is 22.6 Å². The second-order valence-electron chi connectivity index (χ2n) is 7.43. The normalized spacial score (nSPS) is 11.8. The van der Waals surface area contributed by atoms with Gasteiger partial charge in [0.05, 0.1) is 16.9 Å². The van der Waals surface area contributed by atoms with Crippen LogP contribution in [0, 0.1) is 16.4 Å². The number of amides is 2. The summed E-state index contributed by atoms with van der Waals surface area (Å²) in [6.07, 6.45) is 3.17. The van der Waals surface area contributed by atoms with E-state index in [4.69, 9.17) is 9.47 Å².